The summed E-state index contributed by atoms with van der Waals surface area (Å²) in [6, 6.07) is 16.0. The van der Waals surface area contributed by atoms with E-state index in [1.807, 2.05) is 44.4 Å². The molecular weight excluding hydrogens is 436 g/mol. The van der Waals surface area contributed by atoms with Crippen molar-refractivity contribution in [1.82, 2.24) is 4.98 Å². The smallest absolute Gasteiger partial charge is 0.331 e. The zero-order valence-electron chi connectivity index (χ0n) is 20.5. The summed E-state index contributed by atoms with van der Waals surface area (Å²) in [5.41, 5.74) is 6.90. The van der Waals surface area contributed by atoms with Gasteiger partial charge in [0, 0.05) is 29.2 Å². The number of hydrogen-bond acceptors (Lipinski definition) is 3. The normalized spacial score (nSPS) is 15.1. The van der Waals surface area contributed by atoms with Crippen molar-refractivity contribution >= 4 is 23.6 Å². The van der Waals surface area contributed by atoms with Gasteiger partial charge >= 0.3 is 5.97 Å². The molecule has 1 aliphatic carbocycles. The van der Waals surface area contributed by atoms with Gasteiger partial charge in [0.25, 0.3) is 0 Å². The van der Waals surface area contributed by atoms with Crippen LogP contribution in [0.15, 0.2) is 66.5 Å². The minimum absolute atomic E-state index is 0.0129. The molecule has 3 aromatic rings. The van der Waals surface area contributed by atoms with Gasteiger partial charge in [-0.1, -0.05) is 49.2 Å². The first-order valence-corrected chi connectivity index (χ1v) is 12.2. The van der Waals surface area contributed by atoms with Crippen LogP contribution < -0.4 is 5.32 Å². The second-order valence-corrected chi connectivity index (χ2v) is 9.54. The lowest BCUT2D eigenvalue weighted by molar-refractivity contribution is -0.132. The van der Waals surface area contributed by atoms with Gasteiger partial charge in [0.05, 0.1) is 5.92 Å². The maximum absolute atomic E-state index is 13.7. The molecule has 0 saturated heterocycles. The fourth-order valence-corrected chi connectivity index (χ4v) is 4.97. The van der Waals surface area contributed by atoms with Gasteiger partial charge in [0.15, 0.2) is 0 Å². The number of nitrogens with zero attached hydrogens (tertiary/aromatic N) is 1. The zero-order valence-corrected chi connectivity index (χ0v) is 20.5. The van der Waals surface area contributed by atoms with Crippen molar-refractivity contribution in [2.45, 2.75) is 52.4 Å². The van der Waals surface area contributed by atoms with E-state index < -0.39 is 5.97 Å². The Hall–Kier alpha value is -3.73. The highest BCUT2D eigenvalue weighted by Gasteiger charge is 2.32. The van der Waals surface area contributed by atoms with Crippen molar-refractivity contribution in [1.29, 1.82) is 0 Å². The van der Waals surface area contributed by atoms with Crippen molar-refractivity contribution < 1.29 is 14.7 Å². The first kappa shape index (κ1) is 24.4. The number of anilines is 1. The Labute approximate surface area is 206 Å². The lowest BCUT2D eigenvalue weighted by Gasteiger charge is -2.24. The van der Waals surface area contributed by atoms with Crippen molar-refractivity contribution in [3.63, 3.8) is 0 Å². The third kappa shape index (κ3) is 5.68. The van der Waals surface area contributed by atoms with E-state index in [0.29, 0.717) is 11.6 Å². The van der Waals surface area contributed by atoms with Gasteiger partial charge < -0.3 is 10.4 Å². The van der Waals surface area contributed by atoms with Crippen LogP contribution in [0.4, 0.5) is 5.69 Å². The number of carbonyl (C=O) groups excluding carboxylic acids is 1. The second kappa shape index (κ2) is 10.7. The molecule has 4 rings (SSSR count). The van der Waals surface area contributed by atoms with E-state index in [-0.39, 0.29) is 17.4 Å². The number of amides is 1. The van der Waals surface area contributed by atoms with E-state index >= 15 is 0 Å². The van der Waals surface area contributed by atoms with Crippen LogP contribution in [0.2, 0.25) is 0 Å². The van der Waals surface area contributed by atoms with E-state index in [2.05, 4.69) is 40.6 Å². The number of carboxylic acid groups (broad SMARTS) is 1. The second-order valence-electron chi connectivity index (χ2n) is 9.54. The summed E-state index contributed by atoms with van der Waals surface area (Å²) in [4.78, 5) is 29.2. The molecule has 5 nitrogen and oxygen atoms in total. The van der Waals surface area contributed by atoms with Crippen LogP contribution in [0, 0.1) is 19.8 Å². The largest absolute Gasteiger partial charge is 0.478 e. The molecule has 0 spiro atoms. The summed E-state index contributed by atoms with van der Waals surface area (Å²) >= 11 is 0. The topological polar surface area (TPSA) is 79.3 Å². The molecule has 1 aliphatic rings. The molecular formula is C30H32N2O3. The number of aliphatic carboxylic acids is 1. The summed E-state index contributed by atoms with van der Waals surface area (Å²) in [7, 11) is 0. The maximum atomic E-state index is 13.7. The van der Waals surface area contributed by atoms with Gasteiger partial charge in [-0.3, -0.25) is 9.78 Å². The molecule has 2 aromatic carbocycles. The Morgan fingerprint density at radius 3 is 2.40 bits per heavy atom. The number of hydrogen-bond donors (Lipinski definition) is 2. The molecule has 0 aliphatic heterocycles. The van der Waals surface area contributed by atoms with Crippen LogP contribution in [0.1, 0.15) is 60.8 Å². The van der Waals surface area contributed by atoms with E-state index in [9.17, 15) is 14.7 Å². The molecule has 0 radical (unpaired) electrons. The zero-order chi connectivity index (χ0) is 24.9. The highest BCUT2D eigenvalue weighted by molar-refractivity contribution is 5.98. The van der Waals surface area contributed by atoms with Gasteiger partial charge in [0.1, 0.15) is 0 Å². The van der Waals surface area contributed by atoms with E-state index in [1.54, 1.807) is 13.0 Å². The van der Waals surface area contributed by atoms with Crippen molar-refractivity contribution in [3.05, 3.63) is 88.8 Å². The van der Waals surface area contributed by atoms with Crippen molar-refractivity contribution in [2.75, 3.05) is 5.32 Å². The number of aromatic nitrogens is 1. The van der Waals surface area contributed by atoms with Crippen LogP contribution in [-0.2, 0) is 9.59 Å². The summed E-state index contributed by atoms with van der Waals surface area (Å²) in [5, 5.41) is 12.4. The number of carboxylic acids is 1. The van der Waals surface area contributed by atoms with Gasteiger partial charge in [-0.15, -0.1) is 0 Å². The monoisotopic (exact) mass is 468 g/mol. The minimum Gasteiger partial charge on any atom is -0.478 e. The Kier molecular flexibility index (Phi) is 7.45. The molecule has 1 heterocycles. The Morgan fingerprint density at radius 2 is 1.74 bits per heavy atom. The Balaban J connectivity index is 1.61. The molecule has 1 fully saturated rings. The molecule has 35 heavy (non-hydrogen) atoms. The lowest BCUT2D eigenvalue weighted by atomic mass is 9.83. The number of rotatable bonds is 7. The molecule has 2 N–H and O–H groups in total. The Bertz CT molecular complexity index is 1250. The van der Waals surface area contributed by atoms with Crippen LogP contribution in [-0.4, -0.2) is 22.0 Å². The summed E-state index contributed by atoms with van der Waals surface area (Å²) < 4.78 is 0. The number of aryl methyl sites for hydroxylation is 1. The molecule has 1 amide bonds. The summed E-state index contributed by atoms with van der Waals surface area (Å²) in [5.74, 6) is -0.897. The number of nitrogens with one attached hydrogen (secondary N) is 1. The SMILES string of the molecule is C/C(=C\c1cccc(NC(=O)[C@@H](c2ccc(-c3cncc(C)c3)cc2)C2CCCC2)c1C)C(=O)O. The number of carbonyl (C=O) groups is 2. The average molecular weight is 469 g/mol. The Morgan fingerprint density at radius 1 is 1.03 bits per heavy atom. The third-order valence-corrected chi connectivity index (χ3v) is 6.97. The van der Waals surface area contributed by atoms with Crippen LogP contribution >= 0.6 is 0 Å². The van der Waals surface area contributed by atoms with Gasteiger partial charge in [0.2, 0.25) is 5.91 Å². The van der Waals surface area contributed by atoms with E-state index in [0.717, 1.165) is 59.1 Å². The predicted octanol–water partition coefficient (Wildman–Crippen LogP) is 6.77. The fraction of sp³-hybridized carbons (Fsp3) is 0.300. The first-order valence-electron chi connectivity index (χ1n) is 12.2. The minimum atomic E-state index is -0.954. The summed E-state index contributed by atoms with van der Waals surface area (Å²) in [6.07, 6.45) is 9.72. The van der Waals surface area contributed by atoms with Gasteiger partial charge in [-0.25, -0.2) is 4.79 Å². The van der Waals surface area contributed by atoms with E-state index in [1.165, 1.54) is 0 Å². The fourth-order valence-electron chi connectivity index (χ4n) is 4.97. The number of benzene rings is 2. The molecule has 0 bridgehead atoms. The standard InChI is InChI=1S/C30H32N2O3/c1-19-15-26(18-31-17-19)22-11-13-24(14-12-22)28(23-7-4-5-8-23)29(33)32-27-10-6-9-25(21(27)3)16-20(2)30(34)35/h6,9-18,23,28H,4-5,7-8H2,1-3H3,(H,32,33)(H,34,35)/b20-16+/t28-/m1/s1. The van der Waals surface area contributed by atoms with Crippen molar-refractivity contribution in [3.8, 4) is 11.1 Å². The maximum Gasteiger partial charge on any atom is 0.331 e. The average Bonchev–Trinajstić information content (AvgIpc) is 3.36. The lowest BCUT2D eigenvalue weighted by Crippen LogP contribution is -2.27. The highest BCUT2D eigenvalue weighted by Crippen LogP contribution is 2.39. The molecule has 1 atom stereocenters. The first-order chi connectivity index (χ1) is 16.8. The van der Waals surface area contributed by atoms with Crippen LogP contribution in [0.3, 0.4) is 0 Å². The molecule has 0 unspecified atom stereocenters. The molecule has 5 heteroatoms. The number of pyridine rings is 1. The predicted molar refractivity (Wildman–Crippen MR) is 140 cm³/mol. The highest BCUT2D eigenvalue weighted by atomic mass is 16.4. The summed E-state index contributed by atoms with van der Waals surface area (Å²) in [6.45, 7) is 5.51. The van der Waals surface area contributed by atoms with Crippen LogP contribution in [0.25, 0.3) is 17.2 Å². The molecule has 1 saturated carbocycles. The van der Waals surface area contributed by atoms with Crippen LogP contribution in [0.5, 0.6) is 0 Å². The van der Waals surface area contributed by atoms with Crippen molar-refractivity contribution in [2.24, 2.45) is 5.92 Å². The third-order valence-electron chi connectivity index (χ3n) is 6.97. The van der Waals surface area contributed by atoms with Gasteiger partial charge in [-0.05, 0) is 85.6 Å². The molecule has 1 aromatic heterocycles. The quantitative estimate of drug-likeness (QED) is 0.375. The van der Waals surface area contributed by atoms with E-state index in [4.69, 9.17) is 0 Å². The van der Waals surface area contributed by atoms with Gasteiger partial charge in [-0.2, -0.15) is 0 Å². The molecule has 180 valence electrons.